The molecule has 0 spiro atoms. The third-order valence-electron chi connectivity index (χ3n) is 4.35. The van der Waals surface area contributed by atoms with Gasteiger partial charge in [0, 0.05) is 25.6 Å². The Morgan fingerprint density at radius 3 is 2.50 bits per heavy atom. The van der Waals surface area contributed by atoms with Crippen LogP contribution in [0.2, 0.25) is 0 Å². The Kier molecular flexibility index (Phi) is 6.06. The van der Waals surface area contributed by atoms with E-state index in [-0.39, 0.29) is 36.3 Å². The molecule has 2 N–H and O–H groups in total. The molecule has 0 aromatic heterocycles. The van der Waals surface area contributed by atoms with Gasteiger partial charge in [-0.1, -0.05) is 6.07 Å². The van der Waals surface area contributed by atoms with Crippen LogP contribution in [0.3, 0.4) is 0 Å². The largest absolute Gasteiger partial charge is 0.482 e. The molecule has 1 aliphatic heterocycles. The molecule has 3 rings (SSSR count). The average molecular weight is 431 g/mol. The van der Waals surface area contributed by atoms with Crippen molar-refractivity contribution in [1.82, 2.24) is 4.72 Å². The van der Waals surface area contributed by atoms with Gasteiger partial charge in [-0.2, -0.15) is 0 Å². The number of aryl methyl sites for hydroxylation is 1. The van der Waals surface area contributed by atoms with Crippen LogP contribution in [-0.4, -0.2) is 39.3 Å². The summed E-state index contributed by atoms with van der Waals surface area (Å²) >= 11 is 0. The number of benzene rings is 2. The summed E-state index contributed by atoms with van der Waals surface area (Å²) in [4.78, 5) is 37.0. The summed E-state index contributed by atoms with van der Waals surface area (Å²) in [7, 11) is -3.94. The van der Waals surface area contributed by atoms with Crippen LogP contribution in [0.5, 0.6) is 5.75 Å². The quantitative estimate of drug-likeness (QED) is 0.716. The van der Waals surface area contributed by atoms with E-state index in [0.29, 0.717) is 17.1 Å². The lowest BCUT2D eigenvalue weighted by Gasteiger charge is -2.29. The molecule has 0 bridgehead atoms. The van der Waals surface area contributed by atoms with E-state index in [1.165, 1.54) is 29.2 Å². The van der Waals surface area contributed by atoms with Crippen molar-refractivity contribution in [2.45, 2.75) is 25.2 Å². The van der Waals surface area contributed by atoms with E-state index in [2.05, 4.69) is 5.32 Å². The zero-order valence-electron chi connectivity index (χ0n) is 16.5. The maximum Gasteiger partial charge on any atom is 0.265 e. The van der Waals surface area contributed by atoms with Gasteiger partial charge in [-0.25, -0.2) is 13.1 Å². The molecule has 30 heavy (non-hydrogen) atoms. The van der Waals surface area contributed by atoms with Gasteiger partial charge >= 0.3 is 0 Å². The van der Waals surface area contributed by atoms with Crippen molar-refractivity contribution in [2.75, 3.05) is 23.4 Å². The SMILES string of the molecule is CC(=O)NS(=O)(=O)c1ccc(NC(=O)CCN2C(=O)COc3ccc(C)cc32)cc1. The van der Waals surface area contributed by atoms with E-state index in [1.54, 1.807) is 6.07 Å². The van der Waals surface area contributed by atoms with Crippen molar-refractivity contribution in [3.63, 3.8) is 0 Å². The first-order valence-electron chi connectivity index (χ1n) is 9.13. The molecule has 2 aromatic carbocycles. The van der Waals surface area contributed by atoms with Crippen LogP contribution in [0.1, 0.15) is 18.9 Å². The first-order chi connectivity index (χ1) is 14.2. The van der Waals surface area contributed by atoms with Gasteiger partial charge in [0.25, 0.3) is 15.9 Å². The topological polar surface area (TPSA) is 122 Å². The Balaban J connectivity index is 1.62. The zero-order valence-corrected chi connectivity index (χ0v) is 17.3. The number of sulfonamides is 1. The van der Waals surface area contributed by atoms with Gasteiger partial charge in [0.05, 0.1) is 10.6 Å². The van der Waals surface area contributed by atoms with E-state index in [4.69, 9.17) is 4.74 Å². The monoisotopic (exact) mass is 431 g/mol. The van der Waals surface area contributed by atoms with E-state index in [1.807, 2.05) is 23.8 Å². The summed E-state index contributed by atoms with van der Waals surface area (Å²) in [6.45, 7) is 3.10. The number of nitrogens with zero attached hydrogens (tertiary/aromatic N) is 1. The lowest BCUT2D eigenvalue weighted by molar-refractivity contribution is -0.121. The number of carbonyl (C=O) groups excluding carboxylic acids is 3. The Morgan fingerprint density at radius 2 is 1.83 bits per heavy atom. The maximum atomic E-state index is 12.3. The van der Waals surface area contributed by atoms with Crippen molar-refractivity contribution in [3.8, 4) is 5.75 Å². The molecule has 1 aliphatic rings. The highest BCUT2D eigenvalue weighted by Gasteiger charge is 2.26. The first kappa shape index (κ1) is 21.3. The van der Waals surface area contributed by atoms with Crippen LogP contribution < -0.4 is 19.7 Å². The van der Waals surface area contributed by atoms with E-state index >= 15 is 0 Å². The number of ether oxygens (including phenoxy) is 1. The lowest BCUT2D eigenvalue weighted by Crippen LogP contribution is -2.40. The van der Waals surface area contributed by atoms with E-state index < -0.39 is 15.9 Å². The van der Waals surface area contributed by atoms with Crippen LogP contribution in [0.15, 0.2) is 47.4 Å². The number of anilines is 2. The molecular formula is C20H21N3O6S. The Bertz CT molecular complexity index is 1100. The highest BCUT2D eigenvalue weighted by Crippen LogP contribution is 2.32. The van der Waals surface area contributed by atoms with Crippen molar-refractivity contribution in [3.05, 3.63) is 48.0 Å². The molecule has 0 atom stereocenters. The molecule has 2 aromatic rings. The van der Waals surface area contributed by atoms with Crippen LogP contribution in [0.25, 0.3) is 0 Å². The van der Waals surface area contributed by atoms with Gasteiger partial charge < -0.3 is 15.0 Å². The number of fused-ring (bicyclic) bond motifs is 1. The fourth-order valence-electron chi connectivity index (χ4n) is 2.96. The summed E-state index contributed by atoms with van der Waals surface area (Å²) in [5.41, 5.74) is 1.99. The average Bonchev–Trinajstić information content (AvgIpc) is 2.66. The highest BCUT2D eigenvalue weighted by molar-refractivity contribution is 7.90. The highest BCUT2D eigenvalue weighted by atomic mass is 32.2. The minimum Gasteiger partial charge on any atom is -0.482 e. The fourth-order valence-corrected chi connectivity index (χ4v) is 3.95. The zero-order chi connectivity index (χ0) is 21.9. The van der Waals surface area contributed by atoms with Crippen molar-refractivity contribution < 1.29 is 27.5 Å². The second-order valence-corrected chi connectivity index (χ2v) is 8.47. The van der Waals surface area contributed by atoms with Crippen LogP contribution >= 0.6 is 0 Å². The predicted octanol–water partition coefficient (Wildman–Crippen LogP) is 1.57. The van der Waals surface area contributed by atoms with Crippen molar-refractivity contribution in [2.24, 2.45) is 0 Å². The summed E-state index contributed by atoms with van der Waals surface area (Å²) < 4.78 is 31.2. The molecule has 10 heteroatoms. The summed E-state index contributed by atoms with van der Waals surface area (Å²) in [6.07, 6.45) is 0.0467. The van der Waals surface area contributed by atoms with E-state index in [9.17, 15) is 22.8 Å². The standard InChI is InChI=1S/C20H21N3O6S/c1-13-3-8-18-17(11-13)23(20(26)12-29-18)10-9-19(25)21-15-4-6-16(7-5-15)30(27,28)22-14(2)24/h3-8,11H,9-10,12H2,1-2H3,(H,21,25)(H,22,24). The number of rotatable bonds is 6. The lowest BCUT2D eigenvalue weighted by atomic mass is 10.1. The second kappa shape index (κ2) is 8.54. The van der Waals surface area contributed by atoms with Crippen molar-refractivity contribution in [1.29, 1.82) is 0 Å². The number of hydrogen-bond acceptors (Lipinski definition) is 6. The molecule has 0 radical (unpaired) electrons. The molecule has 0 aliphatic carbocycles. The minimum atomic E-state index is -3.94. The van der Waals surface area contributed by atoms with Crippen molar-refractivity contribution >= 4 is 39.1 Å². The van der Waals surface area contributed by atoms with Gasteiger partial charge in [-0.15, -0.1) is 0 Å². The molecule has 158 valence electrons. The number of carbonyl (C=O) groups is 3. The number of amides is 3. The Morgan fingerprint density at radius 1 is 1.13 bits per heavy atom. The van der Waals surface area contributed by atoms with Crippen LogP contribution in [0.4, 0.5) is 11.4 Å². The smallest absolute Gasteiger partial charge is 0.265 e. The third kappa shape index (κ3) is 4.95. The molecular weight excluding hydrogens is 410 g/mol. The molecule has 0 fully saturated rings. The van der Waals surface area contributed by atoms with Gasteiger partial charge in [0.15, 0.2) is 6.61 Å². The Hall–Kier alpha value is -3.40. The molecule has 0 saturated heterocycles. The first-order valence-corrected chi connectivity index (χ1v) is 10.6. The van der Waals surface area contributed by atoms with Gasteiger partial charge in [0.2, 0.25) is 11.8 Å². The van der Waals surface area contributed by atoms with Gasteiger partial charge in [0.1, 0.15) is 5.75 Å². The van der Waals surface area contributed by atoms with Gasteiger partial charge in [-0.3, -0.25) is 14.4 Å². The fraction of sp³-hybridized carbons (Fsp3) is 0.250. The molecule has 0 saturated carbocycles. The third-order valence-corrected chi connectivity index (χ3v) is 5.80. The number of hydrogen-bond donors (Lipinski definition) is 2. The predicted molar refractivity (Wildman–Crippen MR) is 110 cm³/mol. The van der Waals surface area contributed by atoms with Crippen LogP contribution in [-0.2, 0) is 24.4 Å². The Labute approximate surface area is 174 Å². The molecule has 3 amide bonds. The summed E-state index contributed by atoms with van der Waals surface area (Å²) in [5.74, 6) is -0.659. The second-order valence-electron chi connectivity index (χ2n) is 6.79. The summed E-state index contributed by atoms with van der Waals surface area (Å²) in [5, 5.41) is 2.66. The van der Waals surface area contributed by atoms with E-state index in [0.717, 1.165) is 12.5 Å². The summed E-state index contributed by atoms with van der Waals surface area (Å²) in [6, 6.07) is 10.9. The molecule has 0 unspecified atom stereocenters. The normalized spacial score (nSPS) is 13.3. The molecule has 9 nitrogen and oxygen atoms in total. The minimum absolute atomic E-state index is 0.0467. The maximum absolute atomic E-state index is 12.3. The number of nitrogens with one attached hydrogen (secondary N) is 2. The van der Waals surface area contributed by atoms with Gasteiger partial charge in [-0.05, 0) is 48.9 Å². The molecule has 1 heterocycles. The van der Waals surface area contributed by atoms with Crippen LogP contribution in [0, 0.1) is 6.92 Å².